The van der Waals surface area contributed by atoms with Crippen LogP contribution in [0.3, 0.4) is 0 Å². The van der Waals surface area contributed by atoms with E-state index in [1.807, 2.05) is 58.0 Å². The van der Waals surface area contributed by atoms with E-state index in [0.717, 1.165) is 36.1 Å². The largest absolute Gasteiger partial charge is 0.465 e. The SMILES string of the molecule is COC(=O)N[C@H](C(=O)N1CCC[C@H]1c1ncc(-c2ccc(C#Cc3ccc(-c4cnc([C@@H]5CCCN5C(=O)[C@@H](NC(=O)OC)C(C)C)[nH]4)cc3C(=O)OC)cc2)[nH]1)C(C)C. The van der Waals surface area contributed by atoms with Crippen molar-refractivity contribution in [2.24, 2.45) is 11.8 Å². The Labute approximate surface area is 349 Å². The van der Waals surface area contributed by atoms with Crippen molar-refractivity contribution in [1.82, 2.24) is 40.4 Å². The maximum Gasteiger partial charge on any atom is 0.407 e. The number of ether oxygens (including phenoxy) is 3. The molecule has 4 N–H and O–H groups in total. The molecule has 2 saturated heterocycles. The molecule has 16 heteroatoms. The third kappa shape index (κ3) is 9.46. The summed E-state index contributed by atoms with van der Waals surface area (Å²) in [6.45, 7) is 8.58. The Morgan fingerprint density at radius 3 is 1.63 bits per heavy atom. The summed E-state index contributed by atoms with van der Waals surface area (Å²) >= 11 is 0. The van der Waals surface area contributed by atoms with Crippen molar-refractivity contribution in [3.8, 4) is 34.4 Å². The number of methoxy groups -OCH3 is 3. The average Bonchev–Trinajstić information content (AvgIpc) is 4.10. The van der Waals surface area contributed by atoms with Gasteiger partial charge in [0, 0.05) is 29.8 Å². The zero-order valence-corrected chi connectivity index (χ0v) is 35.0. The Morgan fingerprint density at radius 2 is 1.17 bits per heavy atom. The first-order valence-corrected chi connectivity index (χ1v) is 20.1. The number of carbonyl (C=O) groups excluding carboxylic acids is 5. The molecule has 0 spiro atoms. The number of nitrogens with zero attached hydrogens (tertiary/aromatic N) is 4. The topological polar surface area (TPSA) is 201 Å². The fourth-order valence-electron chi connectivity index (χ4n) is 7.66. The van der Waals surface area contributed by atoms with Gasteiger partial charge in [-0.3, -0.25) is 9.59 Å². The summed E-state index contributed by atoms with van der Waals surface area (Å²) in [5.74, 6) is 6.35. The number of alkyl carbamates (subject to hydrolysis) is 2. The number of carbonyl (C=O) groups is 5. The van der Waals surface area contributed by atoms with Gasteiger partial charge >= 0.3 is 18.2 Å². The summed E-state index contributed by atoms with van der Waals surface area (Å²) in [4.78, 5) is 83.6. The van der Waals surface area contributed by atoms with Crippen molar-refractivity contribution in [3.05, 3.63) is 83.2 Å². The number of aromatic amines is 2. The van der Waals surface area contributed by atoms with Crippen LogP contribution in [0.5, 0.6) is 0 Å². The second kappa shape index (κ2) is 19.0. The molecule has 4 amide bonds. The van der Waals surface area contributed by atoms with E-state index in [2.05, 4.69) is 42.4 Å². The molecule has 4 aromatic rings. The van der Waals surface area contributed by atoms with Gasteiger partial charge in [0.2, 0.25) is 11.8 Å². The number of hydrogen-bond acceptors (Lipinski definition) is 10. The first-order valence-electron chi connectivity index (χ1n) is 20.1. The molecule has 0 saturated carbocycles. The Morgan fingerprint density at radius 1 is 0.683 bits per heavy atom. The molecule has 2 aliphatic heterocycles. The van der Waals surface area contributed by atoms with Crippen LogP contribution in [-0.4, -0.2) is 106 Å². The van der Waals surface area contributed by atoms with E-state index >= 15 is 0 Å². The minimum absolute atomic E-state index is 0.132. The molecule has 4 atom stereocenters. The molecule has 0 aliphatic carbocycles. The first kappa shape index (κ1) is 43.0. The molecule has 0 radical (unpaired) electrons. The van der Waals surface area contributed by atoms with Gasteiger partial charge in [0.05, 0.1) is 62.8 Å². The van der Waals surface area contributed by atoms with Crippen LogP contribution < -0.4 is 10.6 Å². The van der Waals surface area contributed by atoms with E-state index in [-0.39, 0.29) is 41.3 Å². The van der Waals surface area contributed by atoms with Crippen LogP contribution in [0.2, 0.25) is 0 Å². The average molecular weight is 821 g/mol. The van der Waals surface area contributed by atoms with Crippen molar-refractivity contribution >= 4 is 30.0 Å². The lowest BCUT2D eigenvalue weighted by Crippen LogP contribution is -2.51. The molecule has 2 aromatic carbocycles. The predicted molar refractivity (Wildman–Crippen MR) is 221 cm³/mol. The van der Waals surface area contributed by atoms with E-state index in [0.29, 0.717) is 48.0 Å². The van der Waals surface area contributed by atoms with Crippen LogP contribution in [0.25, 0.3) is 22.5 Å². The number of amides is 4. The minimum Gasteiger partial charge on any atom is -0.465 e. The van der Waals surface area contributed by atoms with E-state index in [1.54, 1.807) is 34.3 Å². The molecule has 2 fully saturated rings. The molecule has 6 rings (SSSR count). The molecular weight excluding hydrogens is 769 g/mol. The fraction of sp³-hybridized carbons (Fsp3) is 0.432. The van der Waals surface area contributed by atoms with Crippen LogP contribution in [-0.2, 0) is 23.8 Å². The summed E-state index contributed by atoms with van der Waals surface area (Å²) < 4.78 is 14.6. The second-order valence-electron chi connectivity index (χ2n) is 15.5. The van der Waals surface area contributed by atoms with Crippen LogP contribution in [0.15, 0.2) is 54.9 Å². The normalized spacial score (nSPS) is 17.1. The van der Waals surface area contributed by atoms with Crippen molar-refractivity contribution in [2.75, 3.05) is 34.4 Å². The van der Waals surface area contributed by atoms with Gasteiger partial charge in [-0.2, -0.15) is 0 Å². The second-order valence-corrected chi connectivity index (χ2v) is 15.5. The lowest BCUT2D eigenvalue weighted by atomic mass is 10.0. The van der Waals surface area contributed by atoms with E-state index in [4.69, 9.17) is 14.2 Å². The molecule has 316 valence electrons. The summed E-state index contributed by atoms with van der Waals surface area (Å²) in [5.41, 5.74) is 4.49. The quantitative estimate of drug-likeness (QED) is 0.0822. The Bertz CT molecular complexity index is 2270. The molecule has 60 heavy (non-hydrogen) atoms. The number of benzene rings is 2. The summed E-state index contributed by atoms with van der Waals surface area (Å²) in [5, 5.41) is 5.34. The Kier molecular flexibility index (Phi) is 13.6. The van der Waals surface area contributed by atoms with Crippen molar-refractivity contribution < 1.29 is 38.2 Å². The van der Waals surface area contributed by atoms with E-state index in [9.17, 15) is 24.0 Å². The number of rotatable bonds is 11. The van der Waals surface area contributed by atoms with Gasteiger partial charge in [-0.25, -0.2) is 24.4 Å². The maximum absolute atomic E-state index is 13.6. The fourth-order valence-corrected chi connectivity index (χ4v) is 7.66. The number of esters is 1. The highest BCUT2D eigenvalue weighted by molar-refractivity contribution is 5.94. The van der Waals surface area contributed by atoms with Gasteiger partial charge in [0.15, 0.2) is 0 Å². The number of hydrogen-bond donors (Lipinski definition) is 4. The van der Waals surface area contributed by atoms with E-state index in [1.165, 1.54) is 21.3 Å². The Hall–Kier alpha value is -6.63. The highest BCUT2D eigenvalue weighted by atomic mass is 16.5. The van der Waals surface area contributed by atoms with Gasteiger partial charge in [0.25, 0.3) is 0 Å². The van der Waals surface area contributed by atoms with Crippen molar-refractivity contribution in [2.45, 2.75) is 77.5 Å². The van der Waals surface area contributed by atoms with E-state index < -0.39 is 30.2 Å². The zero-order valence-electron chi connectivity index (χ0n) is 35.0. The van der Waals surface area contributed by atoms with Crippen molar-refractivity contribution in [1.29, 1.82) is 0 Å². The lowest BCUT2D eigenvalue weighted by molar-refractivity contribution is -0.136. The number of nitrogens with one attached hydrogen (secondary N) is 4. The summed E-state index contributed by atoms with van der Waals surface area (Å²) in [6.07, 6.45) is 5.14. The number of H-pyrrole nitrogens is 2. The maximum atomic E-state index is 13.6. The van der Waals surface area contributed by atoms with Crippen LogP contribution >= 0.6 is 0 Å². The first-order chi connectivity index (χ1) is 28.8. The highest BCUT2D eigenvalue weighted by Crippen LogP contribution is 2.34. The molecule has 0 bridgehead atoms. The van der Waals surface area contributed by atoms with Crippen LogP contribution in [0, 0.1) is 23.7 Å². The minimum atomic E-state index is -0.747. The molecule has 0 unspecified atom stereocenters. The van der Waals surface area contributed by atoms with Crippen LogP contribution in [0.4, 0.5) is 9.59 Å². The molecule has 2 aliphatic rings. The number of aromatic nitrogens is 4. The van der Waals surface area contributed by atoms with Gasteiger partial charge in [-0.1, -0.05) is 57.7 Å². The lowest BCUT2D eigenvalue weighted by Gasteiger charge is -2.30. The Balaban J connectivity index is 1.16. The third-order valence-corrected chi connectivity index (χ3v) is 11.0. The van der Waals surface area contributed by atoms with Crippen molar-refractivity contribution in [3.63, 3.8) is 0 Å². The number of likely N-dealkylation sites (tertiary alicyclic amines) is 2. The predicted octanol–water partition coefficient (Wildman–Crippen LogP) is 5.74. The molecule has 2 aromatic heterocycles. The molecular formula is C44H52N8O8. The van der Waals surface area contributed by atoms with Gasteiger partial charge < -0.3 is 44.6 Å². The summed E-state index contributed by atoms with van der Waals surface area (Å²) in [6, 6.07) is 10.9. The molecule has 16 nitrogen and oxygen atoms in total. The third-order valence-electron chi connectivity index (χ3n) is 11.0. The smallest absolute Gasteiger partial charge is 0.407 e. The van der Waals surface area contributed by atoms with Gasteiger partial charge in [-0.15, -0.1) is 0 Å². The van der Waals surface area contributed by atoms with Gasteiger partial charge in [-0.05, 0) is 67.3 Å². The molecule has 4 heterocycles. The summed E-state index contributed by atoms with van der Waals surface area (Å²) in [7, 11) is 3.85. The van der Waals surface area contributed by atoms with Gasteiger partial charge in [0.1, 0.15) is 23.7 Å². The van der Waals surface area contributed by atoms with Crippen LogP contribution in [0.1, 0.15) is 98.6 Å². The zero-order chi connectivity index (χ0) is 43.1. The standard InChI is InChI=1S/C44H52N8O8/c1-25(2)36(49-43(56)59-6)40(53)51-20-8-10-34(51)38-45-23-32(47-38)29-16-13-27(14-17-29)12-15-28-18-19-30(22-31(28)42(55)58-5)33-24-46-39(48-33)35-11-9-21-52(35)41(54)37(26(3)4)50-44(57)60-7/h13-14,16-19,22-26,34-37H,8-11,20-21H2,1-7H3,(H,45,47)(H,46,48)(H,49,56)(H,50,57)/t34-,35-,36-,37-/m0/s1. The highest BCUT2D eigenvalue weighted by Gasteiger charge is 2.39. The number of imidazole rings is 2. The monoisotopic (exact) mass is 820 g/mol.